The standard InChI is InChI=1S/C31H40N4O6/c36-19-5-4-14-35-27-30(39)33(16-15-32-17-20-40-21-18-32)13-7-11-31(27)26(29(35)38)25-24(41-31)10-6-12-34(28(25)37)22-23-8-2-1-3-9-23/h1-3,6-11,24-27,36H,4-5,12-22H2/t24-,25+,26-,27?,31-/m0/s1. The predicted molar refractivity (Wildman–Crippen MR) is 150 cm³/mol. The number of ether oxygens (including phenoxy) is 2. The Morgan fingerprint density at radius 3 is 2.44 bits per heavy atom. The summed E-state index contributed by atoms with van der Waals surface area (Å²) in [4.78, 5) is 50.2. The number of hydrogen-bond donors (Lipinski definition) is 1. The van der Waals surface area contributed by atoms with E-state index in [0.29, 0.717) is 58.8 Å². The van der Waals surface area contributed by atoms with Crippen LogP contribution in [0.15, 0.2) is 54.6 Å². The molecule has 1 unspecified atom stereocenters. The second-order valence-corrected chi connectivity index (χ2v) is 11.6. The lowest BCUT2D eigenvalue weighted by atomic mass is 9.77. The molecule has 1 aromatic rings. The number of hydrogen-bond acceptors (Lipinski definition) is 7. The van der Waals surface area contributed by atoms with Gasteiger partial charge in [-0.3, -0.25) is 19.3 Å². The van der Waals surface area contributed by atoms with Gasteiger partial charge in [-0.25, -0.2) is 0 Å². The minimum Gasteiger partial charge on any atom is -0.396 e. The Morgan fingerprint density at radius 2 is 1.66 bits per heavy atom. The maximum Gasteiger partial charge on any atom is 0.249 e. The van der Waals surface area contributed by atoms with Crippen molar-refractivity contribution in [2.45, 2.75) is 37.1 Å². The molecule has 5 aliphatic heterocycles. The van der Waals surface area contributed by atoms with Crippen molar-refractivity contribution in [2.24, 2.45) is 11.8 Å². The van der Waals surface area contributed by atoms with Gasteiger partial charge in [0.05, 0.1) is 31.2 Å². The normalized spacial score (nSPS) is 31.7. The topological polar surface area (TPSA) is 103 Å². The van der Waals surface area contributed by atoms with E-state index in [1.807, 2.05) is 59.5 Å². The summed E-state index contributed by atoms with van der Waals surface area (Å²) in [5.74, 6) is -1.98. The van der Waals surface area contributed by atoms with Crippen molar-refractivity contribution in [2.75, 3.05) is 65.6 Å². The highest BCUT2D eigenvalue weighted by molar-refractivity contribution is 5.99. The summed E-state index contributed by atoms with van der Waals surface area (Å²) in [6, 6.07) is 8.98. The summed E-state index contributed by atoms with van der Waals surface area (Å²) in [5, 5.41) is 9.42. The van der Waals surface area contributed by atoms with Crippen LogP contribution in [0.25, 0.3) is 0 Å². The van der Waals surface area contributed by atoms with Crippen molar-refractivity contribution >= 4 is 17.7 Å². The highest BCUT2D eigenvalue weighted by Crippen LogP contribution is 2.53. The van der Waals surface area contributed by atoms with Crippen LogP contribution in [0.4, 0.5) is 0 Å². The smallest absolute Gasteiger partial charge is 0.249 e. The van der Waals surface area contributed by atoms with Gasteiger partial charge in [0.25, 0.3) is 0 Å². The number of benzene rings is 1. The van der Waals surface area contributed by atoms with Gasteiger partial charge in [-0.2, -0.15) is 0 Å². The van der Waals surface area contributed by atoms with Crippen LogP contribution < -0.4 is 0 Å². The Labute approximate surface area is 241 Å². The first-order valence-corrected chi connectivity index (χ1v) is 14.9. The van der Waals surface area contributed by atoms with Crippen molar-refractivity contribution in [1.82, 2.24) is 19.6 Å². The molecule has 3 amide bonds. The van der Waals surface area contributed by atoms with Crippen LogP contribution in [0.2, 0.25) is 0 Å². The van der Waals surface area contributed by atoms with Crippen molar-refractivity contribution in [3.05, 3.63) is 60.2 Å². The number of aliphatic hydroxyl groups is 1. The van der Waals surface area contributed by atoms with Gasteiger partial charge in [0.2, 0.25) is 17.7 Å². The first-order valence-electron chi connectivity index (χ1n) is 14.9. The minimum absolute atomic E-state index is 0.0136. The number of rotatable bonds is 9. The number of nitrogens with zero attached hydrogens (tertiary/aromatic N) is 4. The molecule has 1 spiro atoms. The predicted octanol–water partition coefficient (Wildman–Crippen LogP) is 0.669. The number of amides is 3. The van der Waals surface area contributed by atoms with Gasteiger partial charge in [-0.15, -0.1) is 0 Å². The van der Waals surface area contributed by atoms with Crippen LogP contribution in [-0.4, -0.2) is 126 Å². The zero-order valence-electron chi connectivity index (χ0n) is 23.5. The summed E-state index contributed by atoms with van der Waals surface area (Å²) in [5.41, 5.74) is -0.199. The summed E-state index contributed by atoms with van der Waals surface area (Å²) in [6.45, 7) is 5.95. The fourth-order valence-electron chi connectivity index (χ4n) is 7.10. The maximum atomic E-state index is 14.3. The Balaban J connectivity index is 1.30. The molecule has 220 valence electrons. The molecule has 5 heterocycles. The third kappa shape index (κ3) is 5.22. The van der Waals surface area contributed by atoms with E-state index in [-0.39, 0.29) is 24.3 Å². The highest BCUT2D eigenvalue weighted by atomic mass is 16.5. The van der Waals surface area contributed by atoms with Gasteiger partial charge in [0.15, 0.2) is 0 Å². The van der Waals surface area contributed by atoms with Crippen molar-refractivity contribution in [3.8, 4) is 0 Å². The molecule has 0 aliphatic carbocycles. The van der Waals surface area contributed by atoms with E-state index in [1.54, 1.807) is 9.80 Å². The molecular formula is C31H40N4O6. The monoisotopic (exact) mass is 564 g/mol. The molecule has 6 rings (SSSR count). The number of morpholine rings is 1. The van der Waals surface area contributed by atoms with Crippen LogP contribution in [0.3, 0.4) is 0 Å². The molecule has 5 aliphatic rings. The zero-order valence-corrected chi connectivity index (χ0v) is 23.5. The lowest BCUT2D eigenvalue weighted by Crippen LogP contribution is -2.56. The highest BCUT2D eigenvalue weighted by Gasteiger charge is 2.71. The van der Waals surface area contributed by atoms with Crippen molar-refractivity contribution < 1.29 is 29.0 Å². The third-order valence-electron chi connectivity index (χ3n) is 9.14. The van der Waals surface area contributed by atoms with Crippen LogP contribution in [0.5, 0.6) is 0 Å². The second kappa shape index (κ2) is 12.1. The fourth-order valence-corrected chi connectivity index (χ4v) is 7.10. The van der Waals surface area contributed by atoms with Crippen molar-refractivity contribution in [3.63, 3.8) is 0 Å². The quantitative estimate of drug-likeness (QED) is 0.348. The Morgan fingerprint density at radius 1 is 0.878 bits per heavy atom. The third-order valence-corrected chi connectivity index (χ3v) is 9.14. The second-order valence-electron chi connectivity index (χ2n) is 11.6. The van der Waals surface area contributed by atoms with Gasteiger partial charge in [0, 0.05) is 59.0 Å². The first kappa shape index (κ1) is 28.1. The number of fused-ring (bicyclic) bond motifs is 2. The fraction of sp³-hybridized carbons (Fsp3) is 0.581. The summed E-state index contributed by atoms with van der Waals surface area (Å²) >= 11 is 0. The molecule has 1 aromatic carbocycles. The van der Waals surface area contributed by atoms with Crippen LogP contribution in [0.1, 0.15) is 18.4 Å². The van der Waals surface area contributed by atoms with E-state index in [0.717, 1.165) is 25.2 Å². The van der Waals surface area contributed by atoms with E-state index in [9.17, 15) is 19.5 Å². The molecular weight excluding hydrogens is 524 g/mol. The van der Waals surface area contributed by atoms with E-state index < -0.39 is 29.6 Å². The molecule has 0 radical (unpaired) electrons. The van der Waals surface area contributed by atoms with Crippen LogP contribution in [-0.2, 0) is 30.4 Å². The van der Waals surface area contributed by atoms with E-state index in [2.05, 4.69) is 4.90 Å². The zero-order chi connectivity index (χ0) is 28.4. The van der Waals surface area contributed by atoms with Gasteiger partial charge in [-0.05, 0) is 18.4 Å². The number of carbonyl (C=O) groups is 3. The number of aliphatic hydroxyl groups excluding tert-OH is 1. The molecule has 5 atom stereocenters. The molecule has 0 saturated carbocycles. The molecule has 3 saturated heterocycles. The molecule has 10 heteroatoms. The van der Waals surface area contributed by atoms with E-state index in [1.165, 1.54) is 0 Å². The number of carbonyl (C=O) groups excluding carboxylic acids is 3. The largest absolute Gasteiger partial charge is 0.396 e. The van der Waals surface area contributed by atoms with Gasteiger partial charge in [-0.1, -0.05) is 54.6 Å². The van der Waals surface area contributed by atoms with Crippen molar-refractivity contribution in [1.29, 1.82) is 0 Å². The Hall–Kier alpha value is -3.05. The molecule has 1 N–H and O–H groups in total. The minimum atomic E-state index is -1.22. The summed E-state index contributed by atoms with van der Waals surface area (Å²) < 4.78 is 12.2. The molecule has 3 fully saturated rings. The lowest BCUT2D eigenvalue weighted by molar-refractivity contribution is -0.148. The average Bonchev–Trinajstić information content (AvgIpc) is 3.31. The Kier molecular flexibility index (Phi) is 8.26. The van der Waals surface area contributed by atoms with Crippen LogP contribution in [0, 0.1) is 11.8 Å². The summed E-state index contributed by atoms with van der Waals surface area (Å²) in [6.07, 6.45) is 8.19. The van der Waals surface area contributed by atoms with Gasteiger partial charge >= 0.3 is 0 Å². The van der Waals surface area contributed by atoms with Crippen LogP contribution >= 0.6 is 0 Å². The molecule has 0 aromatic heterocycles. The first-order chi connectivity index (χ1) is 20.0. The number of likely N-dealkylation sites (tertiary alicyclic amines) is 1. The van der Waals surface area contributed by atoms with E-state index in [4.69, 9.17) is 9.47 Å². The van der Waals surface area contributed by atoms with E-state index >= 15 is 0 Å². The maximum absolute atomic E-state index is 14.3. The molecule has 10 nitrogen and oxygen atoms in total. The molecule has 0 bridgehead atoms. The van der Waals surface area contributed by atoms with Gasteiger partial charge < -0.3 is 29.3 Å². The Bertz CT molecular complexity index is 1180. The lowest BCUT2D eigenvalue weighted by Gasteiger charge is -2.36. The number of unbranched alkanes of at least 4 members (excludes halogenated alkanes) is 1. The SMILES string of the molecule is O=C1C2N(CCCCO)C(=O)[C@@H]3[C@@H]4C(=O)N(Cc5ccccc5)CC=C[C@@H]4O[C@]23C=CCN1CCN1CCOCC1. The summed E-state index contributed by atoms with van der Waals surface area (Å²) in [7, 11) is 0. The van der Waals surface area contributed by atoms with Gasteiger partial charge in [0.1, 0.15) is 11.6 Å². The molecule has 41 heavy (non-hydrogen) atoms. The average molecular weight is 565 g/mol.